The lowest BCUT2D eigenvalue weighted by Crippen LogP contribution is -2.37. The van der Waals surface area contributed by atoms with E-state index in [0.717, 1.165) is 12.8 Å². The summed E-state index contributed by atoms with van der Waals surface area (Å²) in [6.07, 6.45) is 3.23. The van der Waals surface area contributed by atoms with E-state index in [0.29, 0.717) is 24.7 Å². The van der Waals surface area contributed by atoms with Crippen molar-refractivity contribution in [3.8, 4) is 0 Å². The number of hydrazine groups is 1. The van der Waals surface area contributed by atoms with Crippen LogP contribution in [0.25, 0.3) is 0 Å². The van der Waals surface area contributed by atoms with Crippen molar-refractivity contribution in [1.82, 2.24) is 5.43 Å². The van der Waals surface area contributed by atoms with E-state index in [9.17, 15) is 4.79 Å². The summed E-state index contributed by atoms with van der Waals surface area (Å²) in [6.45, 7) is 0. The third-order valence-electron chi connectivity index (χ3n) is 1.78. The lowest BCUT2D eigenvalue weighted by atomic mass is 9.95. The van der Waals surface area contributed by atoms with Crippen LogP contribution in [0.4, 0.5) is 0 Å². The van der Waals surface area contributed by atoms with Gasteiger partial charge in [-0.1, -0.05) is 0 Å². The Hall–Kier alpha value is -0.410. The van der Waals surface area contributed by atoms with Crippen molar-refractivity contribution in [2.24, 2.45) is 5.84 Å². The summed E-state index contributed by atoms with van der Waals surface area (Å²) < 4.78 is 0. The predicted molar refractivity (Wildman–Crippen MR) is 34.6 cm³/mol. The summed E-state index contributed by atoms with van der Waals surface area (Å²) in [5, 5.41) is 0. The Labute approximate surface area is 54.6 Å². The van der Waals surface area contributed by atoms with E-state index in [4.69, 9.17) is 5.84 Å². The van der Waals surface area contributed by atoms with E-state index >= 15 is 0 Å². The fraction of sp³-hybridized carbons (Fsp3) is 0.833. The van der Waals surface area contributed by atoms with Gasteiger partial charge < -0.3 is 0 Å². The van der Waals surface area contributed by atoms with Crippen molar-refractivity contribution < 1.29 is 4.79 Å². The molecule has 3 N–H and O–H groups in total. The number of hydrogen-bond acceptors (Lipinski definition) is 3. The average Bonchev–Trinajstić information content (AvgIpc) is 1.90. The van der Waals surface area contributed by atoms with E-state index < -0.39 is 0 Å². The smallest absolute Gasteiger partial charge is 0.133 e. The van der Waals surface area contributed by atoms with Crippen LogP contribution in [-0.4, -0.2) is 11.8 Å². The third-order valence-corrected chi connectivity index (χ3v) is 1.78. The molecule has 1 aliphatic rings. The fourth-order valence-corrected chi connectivity index (χ4v) is 1.11. The van der Waals surface area contributed by atoms with Gasteiger partial charge in [0.1, 0.15) is 5.78 Å². The Morgan fingerprint density at radius 1 is 1.44 bits per heavy atom. The number of ketones is 1. The second kappa shape index (κ2) is 2.94. The molecule has 1 rings (SSSR count). The highest BCUT2D eigenvalue weighted by Crippen LogP contribution is 2.13. The van der Waals surface area contributed by atoms with Gasteiger partial charge in [-0.2, -0.15) is 0 Å². The summed E-state index contributed by atoms with van der Waals surface area (Å²) in [5.41, 5.74) is 2.67. The van der Waals surface area contributed by atoms with Crippen LogP contribution in [0.2, 0.25) is 0 Å². The Morgan fingerprint density at radius 2 is 2.00 bits per heavy atom. The standard InChI is InChI=1S/C6H12N2O/c7-8-5-1-3-6(9)4-2-5/h5,8H,1-4,7H2. The Balaban J connectivity index is 2.26. The maximum absolute atomic E-state index is 10.7. The zero-order valence-corrected chi connectivity index (χ0v) is 5.39. The number of nitrogens with two attached hydrogens (primary N) is 1. The van der Waals surface area contributed by atoms with Gasteiger partial charge in [0.25, 0.3) is 0 Å². The van der Waals surface area contributed by atoms with Gasteiger partial charge in [-0.25, -0.2) is 0 Å². The maximum Gasteiger partial charge on any atom is 0.133 e. The van der Waals surface area contributed by atoms with Gasteiger partial charge in [-0.05, 0) is 12.8 Å². The summed E-state index contributed by atoms with van der Waals surface area (Å²) >= 11 is 0. The monoisotopic (exact) mass is 128 g/mol. The number of carbonyl (C=O) groups excluding carboxylic acids is 1. The molecular weight excluding hydrogens is 116 g/mol. The van der Waals surface area contributed by atoms with Gasteiger partial charge in [0, 0.05) is 18.9 Å². The van der Waals surface area contributed by atoms with E-state index in [-0.39, 0.29) is 0 Å². The van der Waals surface area contributed by atoms with E-state index in [2.05, 4.69) is 5.43 Å². The first-order valence-corrected chi connectivity index (χ1v) is 3.31. The molecule has 3 heteroatoms. The molecule has 0 bridgehead atoms. The molecule has 0 amide bonds. The third kappa shape index (κ3) is 1.77. The topological polar surface area (TPSA) is 55.1 Å². The van der Waals surface area contributed by atoms with Crippen molar-refractivity contribution in [3.63, 3.8) is 0 Å². The maximum atomic E-state index is 10.7. The molecule has 0 heterocycles. The minimum atomic E-state index is 0.376. The molecule has 0 aromatic carbocycles. The molecule has 0 unspecified atom stereocenters. The number of rotatable bonds is 1. The quantitative estimate of drug-likeness (QED) is 0.385. The van der Waals surface area contributed by atoms with Crippen molar-refractivity contribution in [1.29, 1.82) is 0 Å². The first-order chi connectivity index (χ1) is 4.33. The first-order valence-electron chi connectivity index (χ1n) is 3.31. The van der Waals surface area contributed by atoms with Crippen LogP contribution in [0.1, 0.15) is 25.7 Å². The molecule has 0 aliphatic heterocycles. The molecule has 9 heavy (non-hydrogen) atoms. The van der Waals surface area contributed by atoms with Crippen LogP contribution in [0.15, 0.2) is 0 Å². The fourth-order valence-electron chi connectivity index (χ4n) is 1.11. The molecular formula is C6H12N2O. The SMILES string of the molecule is NNC1CCC(=O)CC1. The Morgan fingerprint density at radius 3 is 2.44 bits per heavy atom. The van der Waals surface area contributed by atoms with Crippen LogP contribution in [0.5, 0.6) is 0 Å². The largest absolute Gasteiger partial charge is 0.300 e. The first kappa shape index (κ1) is 6.71. The highest BCUT2D eigenvalue weighted by atomic mass is 16.1. The average molecular weight is 128 g/mol. The van der Waals surface area contributed by atoms with Gasteiger partial charge in [0.15, 0.2) is 0 Å². The molecule has 0 aromatic heterocycles. The lowest BCUT2D eigenvalue weighted by Gasteiger charge is -2.18. The van der Waals surface area contributed by atoms with Crippen molar-refractivity contribution in [2.45, 2.75) is 31.7 Å². The van der Waals surface area contributed by atoms with Crippen molar-refractivity contribution in [3.05, 3.63) is 0 Å². The van der Waals surface area contributed by atoms with Gasteiger partial charge in [-0.15, -0.1) is 0 Å². The van der Waals surface area contributed by atoms with Gasteiger partial charge in [0.05, 0.1) is 0 Å². The van der Waals surface area contributed by atoms with E-state index in [1.54, 1.807) is 0 Å². The Kier molecular flexibility index (Phi) is 2.19. The van der Waals surface area contributed by atoms with Gasteiger partial charge in [-0.3, -0.25) is 16.1 Å². The molecule has 3 nitrogen and oxygen atoms in total. The van der Waals surface area contributed by atoms with Crippen LogP contribution in [-0.2, 0) is 4.79 Å². The zero-order chi connectivity index (χ0) is 6.69. The predicted octanol–water partition coefficient (Wildman–Crippen LogP) is -0.0386. The molecule has 0 radical (unpaired) electrons. The molecule has 0 saturated heterocycles. The molecule has 1 fully saturated rings. The summed E-state index contributed by atoms with van der Waals surface area (Å²) in [6, 6.07) is 0.377. The number of hydrogen-bond donors (Lipinski definition) is 2. The lowest BCUT2D eigenvalue weighted by molar-refractivity contribution is -0.120. The molecule has 52 valence electrons. The van der Waals surface area contributed by atoms with Gasteiger partial charge >= 0.3 is 0 Å². The normalized spacial score (nSPS) is 22.6. The molecule has 0 spiro atoms. The minimum absolute atomic E-state index is 0.376. The van der Waals surface area contributed by atoms with Crippen LogP contribution in [0, 0.1) is 0 Å². The molecule has 1 saturated carbocycles. The van der Waals surface area contributed by atoms with Crippen LogP contribution < -0.4 is 11.3 Å². The van der Waals surface area contributed by atoms with Gasteiger partial charge in [0.2, 0.25) is 0 Å². The minimum Gasteiger partial charge on any atom is -0.300 e. The van der Waals surface area contributed by atoms with Crippen LogP contribution >= 0.6 is 0 Å². The number of Topliss-reactive ketones (excluding diaryl/α,β-unsaturated/α-hetero) is 1. The summed E-state index contributed by atoms with van der Waals surface area (Å²) in [4.78, 5) is 10.7. The Bertz CT molecular complexity index is 104. The second-order valence-electron chi connectivity index (χ2n) is 2.48. The second-order valence-corrected chi connectivity index (χ2v) is 2.48. The van der Waals surface area contributed by atoms with Crippen LogP contribution in [0.3, 0.4) is 0 Å². The highest BCUT2D eigenvalue weighted by molar-refractivity contribution is 5.79. The molecule has 0 aromatic rings. The summed E-state index contributed by atoms with van der Waals surface area (Å²) in [7, 11) is 0. The number of nitrogens with one attached hydrogen (secondary N) is 1. The number of carbonyl (C=O) groups is 1. The highest BCUT2D eigenvalue weighted by Gasteiger charge is 2.16. The van der Waals surface area contributed by atoms with E-state index in [1.807, 2.05) is 0 Å². The van der Waals surface area contributed by atoms with E-state index in [1.165, 1.54) is 0 Å². The molecule has 0 atom stereocenters. The van der Waals surface area contributed by atoms with Crippen molar-refractivity contribution >= 4 is 5.78 Å². The molecule has 1 aliphatic carbocycles. The zero-order valence-electron chi connectivity index (χ0n) is 5.39. The summed E-state index contributed by atoms with van der Waals surface area (Å²) in [5.74, 6) is 5.56. The van der Waals surface area contributed by atoms with Crippen molar-refractivity contribution in [2.75, 3.05) is 0 Å².